The Morgan fingerprint density at radius 2 is 1.84 bits per heavy atom. The van der Waals surface area contributed by atoms with Gasteiger partial charge in [0.25, 0.3) is 0 Å². The van der Waals surface area contributed by atoms with Gasteiger partial charge in [-0.3, -0.25) is 4.79 Å². The molecule has 0 bridgehead atoms. The van der Waals surface area contributed by atoms with E-state index in [1.54, 1.807) is 12.1 Å². The van der Waals surface area contributed by atoms with Crippen LogP contribution >= 0.6 is 34.8 Å². The lowest BCUT2D eigenvalue weighted by molar-refractivity contribution is -0.116. The van der Waals surface area contributed by atoms with E-state index in [-0.39, 0.29) is 5.91 Å². The third-order valence-electron chi connectivity index (χ3n) is 2.79. The molecular weight excluding hydrogens is 307 g/mol. The Kier molecular flexibility index (Phi) is 6.94. The quantitative estimate of drug-likeness (QED) is 0.817. The molecule has 1 unspecified atom stereocenters. The molecule has 0 aliphatic heterocycles. The number of hydrogen-bond acceptors (Lipinski definition) is 2. The minimum Gasteiger partial charge on any atom is -0.330 e. The van der Waals surface area contributed by atoms with Gasteiger partial charge in [0.2, 0.25) is 5.91 Å². The Balaban J connectivity index is 2.58. The number of carbonyl (C=O) groups excluding carboxylic acids is 1. The van der Waals surface area contributed by atoms with Gasteiger partial charge in [0.15, 0.2) is 0 Å². The molecule has 1 atom stereocenters. The second kappa shape index (κ2) is 7.95. The predicted molar refractivity (Wildman–Crippen MR) is 82.2 cm³/mol. The van der Waals surface area contributed by atoms with Crippen molar-refractivity contribution in [3.63, 3.8) is 0 Å². The summed E-state index contributed by atoms with van der Waals surface area (Å²) in [4.78, 5) is 11.8. The number of carbonyl (C=O) groups is 1. The second-order valence-electron chi connectivity index (χ2n) is 4.51. The molecule has 0 fully saturated rings. The summed E-state index contributed by atoms with van der Waals surface area (Å²) in [7, 11) is 0. The number of nitrogens with two attached hydrogens (primary N) is 1. The molecule has 1 aromatic rings. The highest BCUT2D eigenvalue weighted by Gasteiger charge is 2.12. The molecule has 1 rings (SSSR count). The van der Waals surface area contributed by atoms with E-state index < -0.39 is 0 Å². The molecule has 0 aliphatic rings. The number of halogens is 3. The standard InChI is InChI=1S/C13H17Cl3N2O/c1-8(4-5-17)2-3-12(19)18-13-10(15)6-9(14)7-11(13)16/h6-8H,2-5,17H2,1H3,(H,18,19). The van der Waals surface area contributed by atoms with Crippen molar-refractivity contribution in [2.75, 3.05) is 11.9 Å². The van der Waals surface area contributed by atoms with E-state index in [1.807, 2.05) is 0 Å². The van der Waals surface area contributed by atoms with Crippen LogP contribution < -0.4 is 11.1 Å². The zero-order chi connectivity index (χ0) is 14.4. The summed E-state index contributed by atoms with van der Waals surface area (Å²) in [5.74, 6) is 0.307. The topological polar surface area (TPSA) is 55.1 Å². The Bertz CT molecular complexity index is 429. The molecule has 0 aromatic heterocycles. The van der Waals surface area contributed by atoms with E-state index in [0.717, 1.165) is 12.8 Å². The van der Waals surface area contributed by atoms with Crippen LogP contribution in [0.25, 0.3) is 0 Å². The molecule has 0 heterocycles. The summed E-state index contributed by atoms with van der Waals surface area (Å²) < 4.78 is 0. The van der Waals surface area contributed by atoms with Crippen LogP contribution in [0, 0.1) is 5.92 Å². The fourth-order valence-corrected chi connectivity index (χ4v) is 2.58. The summed E-state index contributed by atoms with van der Waals surface area (Å²) >= 11 is 17.8. The molecule has 0 spiro atoms. The van der Waals surface area contributed by atoms with Crippen LogP contribution in [0.15, 0.2) is 12.1 Å². The molecule has 0 saturated carbocycles. The molecule has 1 aromatic carbocycles. The fourth-order valence-electron chi connectivity index (χ4n) is 1.67. The zero-order valence-corrected chi connectivity index (χ0v) is 12.9. The number of nitrogens with one attached hydrogen (secondary N) is 1. The van der Waals surface area contributed by atoms with Crippen molar-refractivity contribution >= 4 is 46.4 Å². The van der Waals surface area contributed by atoms with E-state index >= 15 is 0 Å². The van der Waals surface area contributed by atoms with Crippen molar-refractivity contribution in [3.05, 3.63) is 27.2 Å². The van der Waals surface area contributed by atoms with Gasteiger partial charge in [-0.1, -0.05) is 41.7 Å². The van der Waals surface area contributed by atoms with Crippen molar-refractivity contribution < 1.29 is 4.79 Å². The van der Waals surface area contributed by atoms with Crippen molar-refractivity contribution in [2.24, 2.45) is 11.7 Å². The molecule has 0 aliphatic carbocycles. The first-order valence-corrected chi connectivity index (χ1v) is 7.22. The molecule has 19 heavy (non-hydrogen) atoms. The molecule has 1 amide bonds. The smallest absolute Gasteiger partial charge is 0.224 e. The third-order valence-corrected chi connectivity index (χ3v) is 3.61. The molecule has 0 radical (unpaired) electrons. The minimum atomic E-state index is -0.116. The van der Waals surface area contributed by atoms with E-state index in [1.165, 1.54) is 0 Å². The third kappa shape index (κ3) is 5.57. The van der Waals surface area contributed by atoms with E-state index in [9.17, 15) is 4.79 Å². The summed E-state index contributed by atoms with van der Waals surface area (Å²) in [5.41, 5.74) is 5.87. The maximum absolute atomic E-state index is 11.8. The minimum absolute atomic E-state index is 0.116. The van der Waals surface area contributed by atoms with Crippen molar-refractivity contribution in [1.82, 2.24) is 0 Å². The number of benzene rings is 1. The highest BCUT2D eigenvalue weighted by Crippen LogP contribution is 2.33. The Labute approximate surface area is 128 Å². The Hall–Kier alpha value is -0.480. The van der Waals surface area contributed by atoms with Crippen LogP contribution in [0.5, 0.6) is 0 Å². The summed E-state index contributed by atoms with van der Waals surface area (Å²) in [6.07, 6.45) is 2.11. The normalized spacial score (nSPS) is 12.3. The highest BCUT2D eigenvalue weighted by atomic mass is 35.5. The number of rotatable bonds is 6. The van der Waals surface area contributed by atoms with Crippen molar-refractivity contribution in [3.8, 4) is 0 Å². The molecule has 3 N–H and O–H groups in total. The first-order chi connectivity index (χ1) is 8.93. The maximum atomic E-state index is 11.8. The van der Waals surface area contributed by atoms with Gasteiger partial charge in [-0.05, 0) is 37.4 Å². The summed E-state index contributed by atoms with van der Waals surface area (Å²) in [5, 5.41) is 3.81. The van der Waals surface area contributed by atoms with Gasteiger partial charge in [-0.15, -0.1) is 0 Å². The van der Waals surface area contributed by atoms with Gasteiger partial charge >= 0.3 is 0 Å². The second-order valence-corrected chi connectivity index (χ2v) is 5.76. The number of hydrogen-bond donors (Lipinski definition) is 2. The average Bonchev–Trinajstić information content (AvgIpc) is 2.31. The average molecular weight is 324 g/mol. The molecule has 106 valence electrons. The van der Waals surface area contributed by atoms with Crippen molar-refractivity contribution in [1.29, 1.82) is 0 Å². The molecule has 0 saturated heterocycles. The zero-order valence-electron chi connectivity index (χ0n) is 10.7. The monoisotopic (exact) mass is 322 g/mol. The van der Waals surface area contributed by atoms with Gasteiger partial charge in [-0.25, -0.2) is 0 Å². The van der Waals surface area contributed by atoms with Crippen LogP contribution in [-0.2, 0) is 4.79 Å². The lowest BCUT2D eigenvalue weighted by Crippen LogP contribution is -2.14. The van der Waals surface area contributed by atoms with Crippen LogP contribution in [0.1, 0.15) is 26.2 Å². The molecule has 6 heteroatoms. The largest absolute Gasteiger partial charge is 0.330 e. The lowest BCUT2D eigenvalue weighted by atomic mass is 10.0. The van der Waals surface area contributed by atoms with Crippen LogP contribution in [0.2, 0.25) is 15.1 Å². The van der Waals surface area contributed by atoms with Gasteiger partial charge in [-0.2, -0.15) is 0 Å². The highest BCUT2D eigenvalue weighted by molar-refractivity contribution is 6.42. The SMILES string of the molecule is CC(CCN)CCC(=O)Nc1c(Cl)cc(Cl)cc1Cl. The Morgan fingerprint density at radius 3 is 2.37 bits per heavy atom. The number of anilines is 1. The Morgan fingerprint density at radius 1 is 1.26 bits per heavy atom. The molecule has 3 nitrogen and oxygen atoms in total. The van der Waals surface area contributed by atoms with Crippen LogP contribution in [0.3, 0.4) is 0 Å². The van der Waals surface area contributed by atoms with Gasteiger partial charge in [0.05, 0.1) is 15.7 Å². The first-order valence-electron chi connectivity index (χ1n) is 6.08. The summed E-state index contributed by atoms with van der Waals surface area (Å²) in [6.45, 7) is 2.71. The predicted octanol–water partition coefficient (Wildman–Crippen LogP) is 4.35. The number of amides is 1. The molecular formula is C13H17Cl3N2O. The summed E-state index contributed by atoms with van der Waals surface area (Å²) in [6, 6.07) is 3.09. The van der Waals surface area contributed by atoms with Gasteiger partial charge in [0.1, 0.15) is 0 Å². The van der Waals surface area contributed by atoms with Gasteiger partial charge < -0.3 is 11.1 Å². The van der Waals surface area contributed by atoms with E-state index in [4.69, 9.17) is 40.5 Å². The maximum Gasteiger partial charge on any atom is 0.224 e. The van der Waals surface area contributed by atoms with Gasteiger partial charge in [0, 0.05) is 11.4 Å². The van der Waals surface area contributed by atoms with Crippen LogP contribution in [0.4, 0.5) is 5.69 Å². The van der Waals surface area contributed by atoms with Crippen molar-refractivity contribution in [2.45, 2.75) is 26.2 Å². The lowest BCUT2D eigenvalue weighted by Gasteiger charge is -2.12. The van der Waals surface area contributed by atoms with Crippen LogP contribution in [-0.4, -0.2) is 12.5 Å². The first kappa shape index (κ1) is 16.6. The van der Waals surface area contributed by atoms with E-state index in [0.29, 0.717) is 39.6 Å². The van der Waals surface area contributed by atoms with E-state index in [2.05, 4.69) is 12.2 Å². The fraction of sp³-hybridized carbons (Fsp3) is 0.462.